The van der Waals surface area contributed by atoms with Crippen LogP contribution in [0.1, 0.15) is 26.7 Å². The zero-order valence-corrected chi connectivity index (χ0v) is 12.2. The molecule has 0 atom stereocenters. The Hall–Kier alpha value is -1.24. The second-order valence-corrected chi connectivity index (χ2v) is 6.79. The lowest BCUT2D eigenvalue weighted by molar-refractivity contribution is -0.138. The molecule has 0 spiro atoms. The number of carboxylic acid groups (broad SMARTS) is 1. The van der Waals surface area contributed by atoms with Crippen molar-refractivity contribution in [1.82, 2.24) is 10.2 Å². The largest absolute Gasteiger partial charge is 0.480 e. The number of aliphatic carboxylic acids is 1. The van der Waals surface area contributed by atoms with Gasteiger partial charge in [0.15, 0.2) is 0 Å². The molecule has 1 saturated carbocycles. The Morgan fingerprint density at radius 2 is 1.95 bits per heavy atom. The van der Waals surface area contributed by atoms with Crippen LogP contribution >= 0.6 is 11.8 Å². The summed E-state index contributed by atoms with van der Waals surface area (Å²) in [6.07, 6.45) is 2.01. The molecular weight excluding hydrogens is 268 g/mol. The highest BCUT2D eigenvalue weighted by atomic mass is 32.2. The summed E-state index contributed by atoms with van der Waals surface area (Å²) in [5.41, 5.74) is 0. The van der Waals surface area contributed by atoms with Crippen LogP contribution in [0, 0.1) is 0 Å². The summed E-state index contributed by atoms with van der Waals surface area (Å²) in [5.74, 6) is -1.32. The molecule has 0 aromatic rings. The third-order valence-corrected chi connectivity index (χ3v) is 4.11. The second-order valence-electron chi connectivity index (χ2n) is 5.20. The highest BCUT2D eigenvalue weighted by Gasteiger charge is 2.29. The summed E-state index contributed by atoms with van der Waals surface area (Å²) in [5, 5.41) is 11.7. The Balaban J connectivity index is 2.31. The van der Waals surface area contributed by atoms with Crippen LogP contribution in [-0.2, 0) is 14.4 Å². The van der Waals surface area contributed by atoms with E-state index >= 15 is 0 Å². The van der Waals surface area contributed by atoms with Crippen molar-refractivity contribution in [3.05, 3.63) is 0 Å². The molecule has 0 unspecified atom stereocenters. The van der Waals surface area contributed by atoms with Gasteiger partial charge in [-0.3, -0.25) is 14.4 Å². The van der Waals surface area contributed by atoms with Crippen LogP contribution in [0.15, 0.2) is 0 Å². The summed E-state index contributed by atoms with van der Waals surface area (Å²) in [6, 6.07) is 0.274. The SMILES string of the molecule is CN(CC(=O)NC1CC1)C(=O)CSC(C)(C)C(=O)O. The molecule has 6 nitrogen and oxygen atoms in total. The molecule has 0 aromatic heterocycles. The molecule has 0 bridgehead atoms. The average Bonchev–Trinajstić information content (AvgIpc) is 3.09. The van der Waals surface area contributed by atoms with Crippen LogP contribution in [0.5, 0.6) is 0 Å². The standard InChI is InChI=1S/C12H20N2O4S/c1-12(2,11(17)18)19-7-10(16)14(3)6-9(15)13-8-4-5-8/h8H,4-7H2,1-3H3,(H,13,15)(H,17,18). The molecule has 0 saturated heterocycles. The van der Waals surface area contributed by atoms with Crippen molar-refractivity contribution >= 4 is 29.5 Å². The Morgan fingerprint density at radius 3 is 2.42 bits per heavy atom. The Bertz CT molecular complexity index is 380. The first-order chi connectivity index (χ1) is 8.72. The van der Waals surface area contributed by atoms with Crippen LogP contribution in [0.25, 0.3) is 0 Å². The van der Waals surface area contributed by atoms with E-state index in [0.717, 1.165) is 24.6 Å². The minimum atomic E-state index is -1.01. The van der Waals surface area contributed by atoms with Gasteiger partial charge in [0.2, 0.25) is 11.8 Å². The number of thioether (sulfide) groups is 1. The van der Waals surface area contributed by atoms with E-state index in [4.69, 9.17) is 5.11 Å². The van der Waals surface area contributed by atoms with Gasteiger partial charge < -0.3 is 15.3 Å². The van der Waals surface area contributed by atoms with Crippen molar-refractivity contribution in [2.75, 3.05) is 19.3 Å². The number of carbonyl (C=O) groups excluding carboxylic acids is 2. The molecule has 2 N–H and O–H groups in total. The lowest BCUT2D eigenvalue weighted by Gasteiger charge is -2.21. The quantitative estimate of drug-likeness (QED) is 0.704. The van der Waals surface area contributed by atoms with E-state index in [0.29, 0.717) is 0 Å². The molecule has 2 amide bonds. The van der Waals surface area contributed by atoms with Crippen LogP contribution < -0.4 is 5.32 Å². The fraction of sp³-hybridized carbons (Fsp3) is 0.750. The first-order valence-corrected chi connectivity index (χ1v) is 7.11. The normalized spacial score (nSPS) is 14.9. The maximum atomic E-state index is 11.8. The molecule has 1 fully saturated rings. The predicted octanol–water partition coefficient (Wildman–Crippen LogP) is 0.320. The van der Waals surface area contributed by atoms with Gasteiger partial charge in [-0.25, -0.2) is 0 Å². The molecule has 108 valence electrons. The van der Waals surface area contributed by atoms with E-state index in [1.165, 1.54) is 4.90 Å². The summed E-state index contributed by atoms with van der Waals surface area (Å²) in [7, 11) is 1.54. The number of carboxylic acids is 1. The predicted molar refractivity (Wildman–Crippen MR) is 73.0 cm³/mol. The zero-order chi connectivity index (χ0) is 14.6. The maximum absolute atomic E-state index is 11.8. The van der Waals surface area contributed by atoms with Gasteiger partial charge >= 0.3 is 5.97 Å². The third kappa shape index (κ3) is 5.50. The van der Waals surface area contributed by atoms with E-state index in [9.17, 15) is 14.4 Å². The molecule has 0 aromatic carbocycles. The molecular formula is C12H20N2O4S. The van der Waals surface area contributed by atoms with Crippen LogP contribution in [0.4, 0.5) is 0 Å². The fourth-order valence-electron chi connectivity index (χ4n) is 1.22. The van der Waals surface area contributed by atoms with Gasteiger partial charge in [0.25, 0.3) is 0 Å². The first kappa shape index (κ1) is 15.8. The number of carbonyl (C=O) groups is 3. The minimum Gasteiger partial charge on any atom is -0.480 e. The van der Waals surface area contributed by atoms with Crippen molar-refractivity contribution in [3.63, 3.8) is 0 Å². The third-order valence-electron chi connectivity index (χ3n) is 2.82. The number of hydrogen-bond donors (Lipinski definition) is 2. The van der Waals surface area contributed by atoms with Gasteiger partial charge in [-0.1, -0.05) is 0 Å². The second kappa shape index (κ2) is 6.27. The highest BCUT2D eigenvalue weighted by Crippen LogP contribution is 2.24. The number of rotatable bonds is 7. The van der Waals surface area contributed by atoms with Gasteiger partial charge in [-0.2, -0.15) is 0 Å². The van der Waals surface area contributed by atoms with Crippen LogP contribution in [0.2, 0.25) is 0 Å². The first-order valence-electron chi connectivity index (χ1n) is 6.13. The monoisotopic (exact) mass is 288 g/mol. The minimum absolute atomic E-state index is 0.0173. The molecule has 0 aliphatic heterocycles. The Labute approximate surface area is 116 Å². The van der Waals surface area contributed by atoms with E-state index in [1.54, 1.807) is 20.9 Å². The summed E-state index contributed by atoms with van der Waals surface area (Å²) in [4.78, 5) is 35.5. The lowest BCUT2D eigenvalue weighted by Crippen LogP contribution is -2.40. The van der Waals surface area contributed by atoms with E-state index in [-0.39, 0.29) is 30.2 Å². The number of hydrogen-bond acceptors (Lipinski definition) is 4. The lowest BCUT2D eigenvalue weighted by atomic mass is 10.2. The summed E-state index contributed by atoms with van der Waals surface area (Å²) < 4.78 is -1.01. The topological polar surface area (TPSA) is 86.7 Å². The van der Waals surface area contributed by atoms with Gasteiger partial charge in [0.1, 0.15) is 4.75 Å². The van der Waals surface area contributed by atoms with Crippen molar-refractivity contribution in [2.45, 2.75) is 37.5 Å². The molecule has 1 rings (SSSR count). The van der Waals surface area contributed by atoms with Crippen molar-refractivity contribution < 1.29 is 19.5 Å². The van der Waals surface area contributed by atoms with E-state index in [2.05, 4.69) is 5.32 Å². The Kier molecular flexibility index (Phi) is 5.22. The van der Waals surface area contributed by atoms with Gasteiger partial charge in [-0.15, -0.1) is 11.8 Å². The zero-order valence-electron chi connectivity index (χ0n) is 11.4. The van der Waals surface area contributed by atoms with Gasteiger partial charge in [-0.05, 0) is 26.7 Å². The van der Waals surface area contributed by atoms with Crippen LogP contribution in [0.3, 0.4) is 0 Å². The summed E-state index contributed by atoms with van der Waals surface area (Å²) in [6.45, 7) is 3.11. The fourth-order valence-corrected chi connectivity index (χ4v) is 2.05. The van der Waals surface area contributed by atoms with Crippen molar-refractivity contribution in [1.29, 1.82) is 0 Å². The smallest absolute Gasteiger partial charge is 0.319 e. The molecule has 19 heavy (non-hydrogen) atoms. The van der Waals surface area contributed by atoms with E-state index in [1.807, 2.05) is 0 Å². The molecule has 1 aliphatic carbocycles. The van der Waals surface area contributed by atoms with Crippen LogP contribution in [-0.4, -0.2) is 57.9 Å². The van der Waals surface area contributed by atoms with Gasteiger partial charge in [0.05, 0.1) is 12.3 Å². The number of likely N-dealkylation sites (N-methyl/N-ethyl adjacent to an activating group) is 1. The average molecular weight is 288 g/mol. The van der Waals surface area contributed by atoms with Gasteiger partial charge in [0, 0.05) is 13.1 Å². The summed E-state index contributed by atoms with van der Waals surface area (Å²) >= 11 is 1.05. The van der Waals surface area contributed by atoms with Crippen molar-refractivity contribution in [2.24, 2.45) is 0 Å². The van der Waals surface area contributed by atoms with Crippen molar-refractivity contribution in [3.8, 4) is 0 Å². The molecule has 0 radical (unpaired) electrons. The number of amides is 2. The molecule has 7 heteroatoms. The number of nitrogens with zero attached hydrogens (tertiary/aromatic N) is 1. The number of nitrogens with one attached hydrogen (secondary N) is 1. The Morgan fingerprint density at radius 1 is 1.37 bits per heavy atom. The maximum Gasteiger partial charge on any atom is 0.319 e. The molecule has 1 aliphatic rings. The highest BCUT2D eigenvalue weighted by molar-refractivity contribution is 8.01. The molecule has 0 heterocycles. The van der Waals surface area contributed by atoms with E-state index < -0.39 is 10.7 Å².